The number of nitrogens with zero attached hydrogens (tertiary/aromatic N) is 1. The zero-order valence-electron chi connectivity index (χ0n) is 15.9. The highest BCUT2D eigenvalue weighted by Crippen LogP contribution is 2.28. The van der Waals surface area contributed by atoms with Crippen molar-refractivity contribution in [2.24, 2.45) is 11.1 Å². The minimum atomic E-state index is -3.72. The normalized spacial score (nSPS) is 16.9. The van der Waals surface area contributed by atoms with Crippen molar-refractivity contribution in [1.82, 2.24) is 5.32 Å². The number of nitrogens with one attached hydrogen (secondary N) is 1. The van der Waals surface area contributed by atoms with Gasteiger partial charge in [0, 0.05) is 30.2 Å². The molecule has 0 saturated carbocycles. The van der Waals surface area contributed by atoms with Gasteiger partial charge in [0.15, 0.2) is 0 Å². The van der Waals surface area contributed by atoms with Crippen molar-refractivity contribution in [2.45, 2.75) is 24.7 Å². The largest absolute Gasteiger partial charge is 0.355 e. The molecule has 0 radical (unpaired) electrons. The van der Waals surface area contributed by atoms with Gasteiger partial charge in [-0.25, -0.2) is 13.6 Å². The second-order valence-corrected chi connectivity index (χ2v) is 9.04. The van der Waals surface area contributed by atoms with E-state index in [4.69, 9.17) is 16.7 Å². The first-order valence-corrected chi connectivity index (χ1v) is 11.0. The van der Waals surface area contributed by atoms with Gasteiger partial charge in [-0.1, -0.05) is 29.8 Å². The number of hydrogen-bond donors (Lipinski definition) is 2. The van der Waals surface area contributed by atoms with E-state index in [1.54, 1.807) is 23.1 Å². The van der Waals surface area contributed by atoms with Crippen molar-refractivity contribution in [3.05, 3.63) is 58.6 Å². The molecule has 1 fully saturated rings. The SMILES string of the molecule is Cc1ccc(N2CC(C(=O)NCCc3ccc(S(N)(=O)=O)cc3)CC2=O)cc1Cl. The van der Waals surface area contributed by atoms with Gasteiger partial charge in [-0.3, -0.25) is 9.59 Å². The summed E-state index contributed by atoms with van der Waals surface area (Å²) < 4.78 is 22.5. The lowest BCUT2D eigenvalue weighted by Gasteiger charge is -2.17. The monoisotopic (exact) mass is 435 g/mol. The van der Waals surface area contributed by atoms with Crippen LogP contribution >= 0.6 is 11.6 Å². The number of nitrogens with two attached hydrogens (primary N) is 1. The van der Waals surface area contributed by atoms with Gasteiger partial charge >= 0.3 is 0 Å². The van der Waals surface area contributed by atoms with E-state index in [0.717, 1.165) is 11.1 Å². The minimum absolute atomic E-state index is 0.0473. The van der Waals surface area contributed by atoms with Crippen LogP contribution in [0, 0.1) is 12.8 Å². The van der Waals surface area contributed by atoms with Gasteiger partial charge in [-0.2, -0.15) is 0 Å². The van der Waals surface area contributed by atoms with E-state index in [2.05, 4.69) is 5.32 Å². The van der Waals surface area contributed by atoms with Crippen LogP contribution in [0.4, 0.5) is 5.69 Å². The third-order valence-corrected chi connectivity index (χ3v) is 6.26. The molecule has 1 unspecified atom stereocenters. The van der Waals surface area contributed by atoms with Crippen LogP contribution < -0.4 is 15.4 Å². The number of benzene rings is 2. The summed E-state index contributed by atoms with van der Waals surface area (Å²) >= 11 is 6.14. The van der Waals surface area contributed by atoms with Gasteiger partial charge in [-0.15, -0.1) is 0 Å². The van der Waals surface area contributed by atoms with Crippen LogP contribution in [0.3, 0.4) is 0 Å². The molecule has 1 saturated heterocycles. The molecule has 154 valence electrons. The van der Waals surface area contributed by atoms with E-state index in [0.29, 0.717) is 30.2 Å². The molecule has 0 bridgehead atoms. The van der Waals surface area contributed by atoms with Crippen LogP contribution in [0.2, 0.25) is 5.02 Å². The summed E-state index contributed by atoms with van der Waals surface area (Å²) in [4.78, 5) is 26.4. The second-order valence-electron chi connectivity index (χ2n) is 7.07. The first kappa shape index (κ1) is 21.3. The Labute approximate surface area is 174 Å². The Morgan fingerprint density at radius 3 is 2.55 bits per heavy atom. The first-order valence-electron chi connectivity index (χ1n) is 9.11. The van der Waals surface area contributed by atoms with Gasteiger partial charge in [0.25, 0.3) is 0 Å². The van der Waals surface area contributed by atoms with Gasteiger partial charge < -0.3 is 10.2 Å². The number of hydrogen-bond acceptors (Lipinski definition) is 4. The Hall–Kier alpha value is -2.42. The summed E-state index contributed by atoms with van der Waals surface area (Å²) in [6.07, 6.45) is 0.689. The van der Waals surface area contributed by atoms with Crippen LogP contribution in [-0.2, 0) is 26.0 Å². The van der Waals surface area contributed by atoms with Crippen molar-refractivity contribution in [2.75, 3.05) is 18.0 Å². The van der Waals surface area contributed by atoms with E-state index < -0.39 is 15.9 Å². The van der Waals surface area contributed by atoms with E-state index in [9.17, 15) is 18.0 Å². The Kier molecular flexibility index (Phi) is 6.26. The summed E-state index contributed by atoms with van der Waals surface area (Å²) in [5.74, 6) is -0.712. The van der Waals surface area contributed by atoms with Gasteiger partial charge in [0.05, 0.1) is 10.8 Å². The molecule has 7 nitrogen and oxygen atoms in total. The van der Waals surface area contributed by atoms with Crippen LogP contribution in [0.15, 0.2) is 47.4 Å². The zero-order valence-corrected chi connectivity index (χ0v) is 17.5. The highest BCUT2D eigenvalue weighted by atomic mass is 35.5. The quantitative estimate of drug-likeness (QED) is 0.723. The Morgan fingerprint density at radius 1 is 1.24 bits per heavy atom. The smallest absolute Gasteiger partial charge is 0.238 e. The number of carbonyl (C=O) groups is 2. The summed E-state index contributed by atoms with van der Waals surface area (Å²) in [5, 5.41) is 8.50. The van der Waals surface area contributed by atoms with E-state index >= 15 is 0 Å². The first-order chi connectivity index (χ1) is 13.6. The maximum Gasteiger partial charge on any atom is 0.238 e. The number of rotatable bonds is 6. The lowest BCUT2D eigenvalue weighted by molar-refractivity contribution is -0.126. The Bertz CT molecular complexity index is 1040. The van der Waals surface area contributed by atoms with Crippen molar-refractivity contribution in [1.29, 1.82) is 0 Å². The fourth-order valence-electron chi connectivity index (χ4n) is 3.20. The molecular formula is C20H22ClN3O4S. The topological polar surface area (TPSA) is 110 Å². The van der Waals surface area contributed by atoms with Crippen LogP contribution in [0.1, 0.15) is 17.5 Å². The lowest BCUT2D eigenvalue weighted by atomic mass is 10.1. The summed E-state index contributed by atoms with van der Waals surface area (Å²) in [5.41, 5.74) is 2.49. The molecule has 1 heterocycles. The number of primary sulfonamides is 1. The van der Waals surface area contributed by atoms with Crippen molar-refractivity contribution in [3.8, 4) is 0 Å². The molecule has 2 aromatic rings. The Balaban J connectivity index is 1.53. The van der Waals surface area contributed by atoms with Gasteiger partial charge in [0.2, 0.25) is 21.8 Å². The fourth-order valence-corrected chi connectivity index (χ4v) is 3.89. The maximum atomic E-state index is 12.5. The van der Waals surface area contributed by atoms with Crippen molar-refractivity contribution < 1.29 is 18.0 Å². The second kappa shape index (κ2) is 8.52. The number of sulfonamides is 1. The lowest BCUT2D eigenvalue weighted by Crippen LogP contribution is -2.34. The van der Waals surface area contributed by atoms with Gasteiger partial charge in [-0.05, 0) is 48.7 Å². The number of amides is 2. The molecule has 9 heteroatoms. The number of aryl methyl sites for hydroxylation is 1. The van der Waals surface area contributed by atoms with E-state index in [-0.39, 0.29) is 23.1 Å². The molecule has 0 spiro atoms. The van der Waals surface area contributed by atoms with Crippen molar-refractivity contribution in [3.63, 3.8) is 0 Å². The predicted molar refractivity (Wildman–Crippen MR) is 111 cm³/mol. The number of halogens is 1. The zero-order chi connectivity index (χ0) is 21.2. The summed E-state index contributed by atoms with van der Waals surface area (Å²) in [6, 6.07) is 11.6. The minimum Gasteiger partial charge on any atom is -0.355 e. The average Bonchev–Trinajstić information content (AvgIpc) is 3.05. The molecule has 3 N–H and O–H groups in total. The number of anilines is 1. The molecule has 1 aliphatic heterocycles. The molecule has 29 heavy (non-hydrogen) atoms. The summed E-state index contributed by atoms with van der Waals surface area (Å²) in [6.45, 7) is 2.58. The molecule has 2 amide bonds. The molecular weight excluding hydrogens is 414 g/mol. The highest BCUT2D eigenvalue weighted by Gasteiger charge is 2.35. The number of carbonyl (C=O) groups excluding carboxylic acids is 2. The maximum absolute atomic E-state index is 12.5. The molecule has 2 aromatic carbocycles. The van der Waals surface area contributed by atoms with Crippen LogP contribution in [-0.4, -0.2) is 33.3 Å². The highest BCUT2D eigenvalue weighted by molar-refractivity contribution is 7.89. The summed E-state index contributed by atoms with van der Waals surface area (Å²) in [7, 11) is -3.72. The Morgan fingerprint density at radius 2 is 1.93 bits per heavy atom. The van der Waals surface area contributed by atoms with Crippen LogP contribution in [0.25, 0.3) is 0 Å². The molecule has 0 aromatic heterocycles. The third-order valence-electron chi connectivity index (χ3n) is 4.93. The van der Waals surface area contributed by atoms with Crippen LogP contribution in [0.5, 0.6) is 0 Å². The predicted octanol–water partition coefficient (Wildman–Crippen LogP) is 2.01. The average molecular weight is 436 g/mol. The molecule has 1 aliphatic rings. The van der Waals surface area contributed by atoms with E-state index in [1.165, 1.54) is 12.1 Å². The molecule has 1 atom stereocenters. The fraction of sp³-hybridized carbons (Fsp3) is 0.300. The molecule has 0 aliphatic carbocycles. The molecule has 3 rings (SSSR count). The standard InChI is InChI=1S/C20H22ClN3O4S/c1-13-2-5-16(11-18(13)21)24-12-15(10-19(24)25)20(26)23-9-8-14-3-6-17(7-4-14)29(22,27)28/h2-7,11,15H,8-10,12H2,1H3,(H,23,26)(H2,22,27,28). The van der Waals surface area contributed by atoms with Crippen molar-refractivity contribution >= 4 is 39.1 Å². The van der Waals surface area contributed by atoms with E-state index in [1.807, 2.05) is 19.1 Å². The third kappa shape index (κ3) is 5.14. The van der Waals surface area contributed by atoms with Gasteiger partial charge in [0.1, 0.15) is 0 Å².